The molecule has 86 valence electrons. The molecule has 0 bridgehead atoms. The van der Waals surface area contributed by atoms with Crippen molar-refractivity contribution in [1.29, 1.82) is 0 Å². The van der Waals surface area contributed by atoms with Gasteiger partial charge in [0.1, 0.15) is 11.7 Å². The van der Waals surface area contributed by atoms with E-state index < -0.39 is 17.9 Å². The smallest absolute Gasteiger partial charge is 0.324 e. The van der Waals surface area contributed by atoms with Crippen molar-refractivity contribution >= 4 is 35.1 Å². The van der Waals surface area contributed by atoms with Crippen LogP contribution in [0.4, 0.5) is 0 Å². The van der Waals surface area contributed by atoms with Crippen LogP contribution in [0, 0.1) is 5.92 Å². The SMILES string of the molecule is CCCC(=O)OC(=O)C(CC)C(C)=O.[AlH3]. The number of ketones is 1. The van der Waals surface area contributed by atoms with E-state index in [1.807, 2.05) is 6.92 Å². The Hall–Kier alpha value is -0.658. The summed E-state index contributed by atoms with van der Waals surface area (Å²) in [6.45, 7) is 4.84. The highest BCUT2D eigenvalue weighted by Crippen LogP contribution is 2.07. The first-order valence-electron chi connectivity index (χ1n) is 4.77. The van der Waals surface area contributed by atoms with E-state index in [-0.39, 0.29) is 29.6 Å². The fourth-order valence-corrected chi connectivity index (χ4v) is 1.06. The molecule has 0 heterocycles. The van der Waals surface area contributed by atoms with E-state index in [2.05, 4.69) is 4.74 Å². The second-order valence-electron chi connectivity index (χ2n) is 3.11. The minimum Gasteiger partial charge on any atom is -0.393 e. The van der Waals surface area contributed by atoms with Crippen LogP contribution in [0.2, 0.25) is 0 Å². The van der Waals surface area contributed by atoms with Gasteiger partial charge >= 0.3 is 11.9 Å². The van der Waals surface area contributed by atoms with E-state index in [9.17, 15) is 14.4 Å². The molecular weight excluding hydrogens is 211 g/mol. The predicted molar refractivity (Wildman–Crippen MR) is 60.4 cm³/mol. The molecule has 1 unspecified atom stereocenters. The van der Waals surface area contributed by atoms with E-state index in [0.717, 1.165) is 0 Å². The van der Waals surface area contributed by atoms with Crippen LogP contribution in [0.3, 0.4) is 0 Å². The van der Waals surface area contributed by atoms with Crippen molar-refractivity contribution in [2.75, 3.05) is 0 Å². The Bertz CT molecular complexity index is 238. The largest absolute Gasteiger partial charge is 0.393 e. The highest BCUT2D eigenvalue weighted by molar-refractivity contribution is 6.01. The van der Waals surface area contributed by atoms with Gasteiger partial charge in [-0.1, -0.05) is 13.8 Å². The second kappa shape index (κ2) is 8.63. The zero-order valence-corrected chi connectivity index (χ0v) is 8.83. The Morgan fingerprint density at radius 2 is 1.73 bits per heavy atom. The molecule has 0 aliphatic carbocycles. The molecule has 1 atom stereocenters. The lowest BCUT2D eigenvalue weighted by molar-refractivity contribution is -0.163. The van der Waals surface area contributed by atoms with Crippen LogP contribution in [0.15, 0.2) is 0 Å². The molecule has 0 fully saturated rings. The lowest BCUT2D eigenvalue weighted by Crippen LogP contribution is -2.25. The van der Waals surface area contributed by atoms with Gasteiger partial charge in [-0.2, -0.15) is 0 Å². The van der Waals surface area contributed by atoms with Gasteiger partial charge in [0.15, 0.2) is 17.4 Å². The maximum Gasteiger partial charge on any atom is 0.324 e. The Labute approximate surface area is 100 Å². The highest BCUT2D eigenvalue weighted by atomic mass is 27.0. The maximum absolute atomic E-state index is 11.2. The zero-order chi connectivity index (χ0) is 11.1. The molecule has 0 N–H and O–H groups in total. The van der Waals surface area contributed by atoms with E-state index in [0.29, 0.717) is 12.8 Å². The van der Waals surface area contributed by atoms with Gasteiger partial charge in [-0.25, -0.2) is 0 Å². The van der Waals surface area contributed by atoms with Gasteiger partial charge in [0.05, 0.1) is 0 Å². The van der Waals surface area contributed by atoms with E-state index in [1.165, 1.54) is 6.92 Å². The molecule has 0 radical (unpaired) electrons. The topological polar surface area (TPSA) is 60.4 Å². The molecule has 0 saturated heterocycles. The van der Waals surface area contributed by atoms with Gasteiger partial charge in [-0.3, -0.25) is 14.4 Å². The lowest BCUT2D eigenvalue weighted by atomic mass is 10.0. The molecule has 0 aliphatic rings. The Morgan fingerprint density at radius 3 is 2.07 bits per heavy atom. The van der Waals surface area contributed by atoms with Crippen molar-refractivity contribution in [3.8, 4) is 0 Å². The fourth-order valence-electron chi connectivity index (χ4n) is 1.06. The second-order valence-corrected chi connectivity index (χ2v) is 3.11. The molecule has 0 aromatic carbocycles. The van der Waals surface area contributed by atoms with Gasteiger partial charge in [-0.05, 0) is 19.8 Å². The Morgan fingerprint density at radius 1 is 1.20 bits per heavy atom. The summed E-state index contributed by atoms with van der Waals surface area (Å²) in [7, 11) is 0. The van der Waals surface area contributed by atoms with Crippen LogP contribution in [-0.4, -0.2) is 35.1 Å². The summed E-state index contributed by atoms with van der Waals surface area (Å²) in [5, 5.41) is 0. The van der Waals surface area contributed by atoms with E-state index in [1.54, 1.807) is 6.92 Å². The van der Waals surface area contributed by atoms with Crippen molar-refractivity contribution in [2.24, 2.45) is 5.92 Å². The number of Topliss-reactive ketones (excluding diaryl/α,β-unsaturated/α-hetero) is 1. The molecule has 15 heavy (non-hydrogen) atoms. The van der Waals surface area contributed by atoms with Crippen LogP contribution < -0.4 is 0 Å². The third-order valence-electron chi connectivity index (χ3n) is 1.85. The molecule has 5 heteroatoms. The highest BCUT2D eigenvalue weighted by Gasteiger charge is 2.24. The molecule has 0 aromatic heterocycles. The number of ether oxygens (including phenoxy) is 1. The van der Waals surface area contributed by atoms with Crippen molar-refractivity contribution < 1.29 is 19.1 Å². The third kappa shape index (κ3) is 6.43. The van der Waals surface area contributed by atoms with Crippen LogP contribution >= 0.6 is 0 Å². The standard InChI is InChI=1S/C10H16O4.Al.3H/c1-4-6-9(12)14-10(13)8(5-2)7(3)11;;;;/h8H,4-6H2,1-3H3;;;;. The molecule has 0 spiro atoms. The molecule has 0 aromatic rings. The summed E-state index contributed by atoms with van der Waals surface area (Å²) < 4.78 is 4.51. The van der Waals surface area contributed by atoms with Crippen LogP contribution in [0.1, 0.15) is 40.0 Å². The average molecular weight is 230 g/mol. The average Bonchev–Trinajstić information content (AvgIpc) is 2.04. The molecule has 0 saturated carbocycles. The molecule has 0 aliphatic heterocycles. The number of hydrogen-bond donors (Lipinski definition) is 0. The first-order chi connectivity index (χ1) is 6.52. The summed E-state index contributed by atoms with van der Waals surface area (Å²) in [6.07, 6.45) is 1.20. The summed E-state index contributed by atoms with van der Waals surface area (Å²) in [6, 6.07) is 0. The van der Waals surface area contributed by atoms with Crippen molar-refractivity contribution in [3.05, 3.63) is 0 Å². The van der Waals surface area contributed by atoms with Crippen molar-refractivity contribution in [2.45, 2.75) is 40.0 Å². The summed E-state index contributed by atoms with van der Waals surface area (Å²) >= 11 is 0. The van der Waals surface area contributed by atoms with Gasteiger partial charge < -0.3 is 4.74 Å². The minimum atomic E-state index is -0.796. The number of rotatable bonds is 5. The number of hydrogen-bond acceptors (Lipinski definition) is 4. The molecule has 0 rings (SSSR count). The van der Waals surface area contributed by atoms with Crippen LogP contribution in [0.25, 0.3) is 0 Å². The van der Waals surface area contributed by atoms with Gasteiger partial charge in [0.2, 0.25) is 0 Å². The monoisotopic (exact) mass is 230 g/mol. The first-order valence-corrected chi connectivity index (χ1v) is 4.77. The van der Waals surface area contributed by atoms with Crippen molar-refractivity contribution in [3.63, 3.8) is 0 Å². The normalized spacial score (nSPS) is 11.1. The van der Waals surface area contributed by atoms with Crippen LogP contribution in [0.5, 0.6) is 0 Å². The Kier molecular flexibility index (Phi) is 9.65. The van der Waals surface area contributed by atoms with Gasteiger partial charge in [0, 0.05) is 6.42 Å². The molecular formula is C10H19AlO4. The molecule has 0 amide bonds. The molecule has 4 nitrogen and oxygen atoms in total. The third-order valence-corrected chi connectivity index (χ3v) is 1.85. The van der Waals surface area contributed by atoms with E-state index >= 15 is 0 Å². The zero-order valence-electron chi connectivity index (χ0n) is 8.83. The predicted octanol–water partition coefficient (Wildman–Crippen LogP) is 0.288. The van der Waals surface area contributed by atoms with E-state index in [4.69, 9.17) is 0 Å². The van der Waals surface area contributed by atoms with Crippen molar-refractivity contribution in [1.82, 2.24) is 0 Å². The Balaban J connectivity index is 0. The first kappa shape index (κ1) is 16.8. The van der Waals surface area contributed by atoms with Crippen LogP contribution in [-0.2, 0) is 19.1 Å². The number of carbonyl (C=O) groups excluding carboxylic acids is 3. The number of esters is 2. The summed E-state index contributed by atoms with van der Waals surface area (Å²) in [5.74, 6) is -2.34. The maximum atomic E-state index is 11.2. The summed E-state index contributed by atoms with van der Waals surface area (Å²) in [4.78, 5) is 33.1. The number of carbonyl (C=O) groups is 3. The quantitative estimate of drug-likeness (QED) is 0.387. The van der Waals surface area contributed by atoms with Gasteiger partial charge in [-0.15, -0.1) is 0 Å². The van der Waals surface area contributed by atoms with Gasteiger partial charge in [0.25, 0.3) is 0 Å². The minimum absolute atomic E-state index is 0. The lowest BCUT2D eigenvalue weighted by Gasteiger charge is -2.08. The summed E-state index contributed by atoms with van der Waals surface area (Å²) in [5.41, 5.74) is 0. The fraction of sp³-hybridized carbons (Fsp3) is 0.700.